The summed E-state index contributed by atoms with van der Waals surface area (Å²) < 4.78 is 5.13. The molecule has 0 fully saturated rings. The van der Waals surface area contributed by atoms with Gasteiger partial charge in [0.25, 0.3) is 5.91 Å². The van der Waals surface area contributed by atoms with Gasteiger partial charge in [-0.05, 0) is 60.6 Å². The van der Waals surface area contributed by atoms with Crippen LogP contribution in [0.25, 0.3) is 0 Å². The summed E-state index contributed by atoms with van der Waals surface area (Å²) in [6, 6.07) is 8.98. The number of carbonyl (C=O) groups is 2. The van der Waals surface area contributed by atoms with Gasteiger partial charge in [-0.3, -0.25) is 10.1 Å². The van der Waals surface area contributed by atoms with Crippen LogP contribution < -0.4 is 20.5 Å². The summed E-state index contributed by atoms with van der Waals surface area (Å²) in [7, 11) is 1.43. The number of rotatable bonds is 4. The van der Waals surface area contributed by atoms with Gasteiger partial charge in [0.05, 0.1) is 18.8 Å². The van der Waals surface area contributed by atoms with Gasteiger partial charge < -0.3 is 20.0 Å². The number of hydrogen-bond donors (Lipinski definition) is 2. The number of amides is 1. The number of aromatic carboxylic acids is 1. The minimum Gasteiger partial charge on any atom is -0.545 e. The van der Waals surface area contributed by atoms with Gasteiger partial charge in [0.1, 0.15) is 5.75 Å². The Bertz CT molecular complexity index is 855. The molecule has 8 heteroatoms. The average molecular weight is 378 g/mol. The van der Waals surface area contributed by atoms with Gasteiger partial charge in [-0.25, -0.2) is 0 Å². The number of anilines is 1. The molecule has 0 saturated carbocycles. The zero-order valence-electron chi connectivity index (χ0n) is 13.4. The lowest BCUT2D eigenvalue weighted by Crippen LogP contribution is -2.34. The normalized spacial score (nSPS) is 10.0. The van der Waals surface area contributed by atoms with Crippen LogP contribution >= 0.6 is 23.8 Å². The molecule has 0 saturated heterocycles. The predicted molar refractivity (Wildman–Crippen MR) is 97.2 cm³/mol. The highest BCUT2D eigenvalue weighted by Gasteiger charge is 2.12. The summed E-state index contributed by atoms with van der Waals surface area (Å²) in [5.74, 6) is -1.43. The molecular weight excluding hydrogens is 364 g/mol. The van der Waals surface area contributed by atoms with Crippen LogP contribution in [0.1, 0.15) is 26.3 Å². The SMILES string of the molecule is COc1ccc(C(=O)[O-])cc1NC(=S)NC(=O)c1ccc(C)c(Cl)c1. The maximum absolute atomic E-state index is 12.2. The van der Waals surface area contributed by atoms with Gasteiger partial charge in [0.2, 0.25) is 0 Å². The minimum absolute atomic E-state index is 0.0181. The van der Waals surface area contributed by atoms with Crippen LogP contribution in [0.4, 0.5) is 5.69 Å². The summed E-state index contributed by atoms with van der Waals surface area (Å²) in [6.07, 6.45) is 0. The van der Waals surface area contributed by atoms with E-state index < -0.39 is 11.9 Å². The predicted octanol–water partition coefficient (Wildman–Crippen LogP) is 2.15. The Kier molecular flexibility index (Phi) is 5.95. The minimum atomic E-state index is -1.34. The summed E-state index contributed by atoms with van der Waals surface area (Å²) >= 11 is 11.1. The third-order valence-electron chi connectivity index (χ3n) is 3.34. The lowest BCUT2D eigenvalue weighted by molar-refractivity contribution is -0.255. The number of benzene rings is 2. The molecule has 0 heterocycles. The zero-order valence-corrected chi connectivity index (χ0v) is 15.0. The summed E-state index contributed by atoms with van der Waals surface area (Å²) in [4.78, 5) is 23.2. The smallest absolute Gasteiger partial charge is 0.257 e. The van der Waals surface area contributed by atoms with E-state index in [0.717, 1.165) is 5.56 Å². The van der Waals surface area contributed by atoms with Crippen molar-refractivity contribution in [1.29, 1.82) is 0 Å². The molecule has 0 bridgehead atoms. The molecule has 0 aliphatic heterocycles. The number of aryl methyl sites for hydroxylation is 1. The van der Waals surface area contributed by atoms with Crippen LogP contribution in [-0.4, -0.2) is 24.1 Å². The van der Waals surface area contributed by atoms with E-state index in [-0.39, 0.29) is 16.4 Å². The molecule has 0 spiro atoms. The van der Waals surface area contributed by atoms with E-state index in [2.05, 4.69) is 10.6 Å². The Morgan fingerprint density at radius 2 is 1.84 bits per heavy atom. The third kappa shape index (κ3) is 4.68. The topological polar surface area (TPSA) is 90.5 Å². The van der Waals surface area contributed by atoms with Crippen molar-refractivity contribution in [3.63, 3.8) is 0 Å². The molecule has 2 N–H and O–H groups in total. The number of ether oxygens (including phenoxy) is 1. The van der Waals surface area contributed by atoms with Crippen molar-refractivity contribution in [2.24, 2.45) is 0 Å². The molecule has 0 atom stereocenters. The van der Waals surface area contributed by atoms with Gasteiger partial charge in [-0.15, -0.1) is 0 Å². The van der Waals surface area contributed by atoms with Crippen LogP contribution in [-0.2, 0) is 0 Å². The molecule has 0 aromatic heterocycles. The first-order valence-electron chi connectivity index (χ1n) is 7.09. The first kappa shape index (κ1) is 18.7. The molecular formula is C17H14ClN2O4S-. The standard InChI is InChI=1S/C17H15ClN2O4S/c1-9-3-4-10(7-12(9)18)15(21)20-17(25)19-13-8-11(16(22)23)5-6-14(13)24-2/h3-8H,1-2H3,(H,22,23)(H2,19,20,21,25)/p-1. The Labute approximate surface area is 154 Å². The second kappa shape index (κ2) is 7.96. The molecule has 2 rings (SSSR count). The number of thiocarbonyl (C=S) groups is 1. The fourth-order valence-corrected chi connectivity index (χ4v) is 2.38. The quantitative estimate of drug-likeness (QED) is 0.793. The Balaban J connectivity index is 2.14. The molecule has 1 amide bonds. The van der Waals surface area contributed by atoms with E-state index in [0.29, 0.717) is 16.3 Å². The number of methoxy groups -OCH3 is 1. The van der Waals surface area contributed by atoms with Gasteiger partial charge in [-0.2, -0.15) is 0 Å². The van der Waals surface area contributed by atoms with Crippen molar-refractivity contribution in [1.82, 2.24) is 5.32 Å². The van der Waals surface area contributed by atoms with E-state index in [1.807, 2.05) is 6.92 Å². The van der Waals surface area contributed by atoms with E-state index in [1.165, 1.54) is 31.4 Å². The van der Waals surface area contributed by atoms with Crippen molar-refractivity contribution >= 4 is 46.5 Å². The van der Waals surface area contributed by atoms with Crippen LogP contribution in [0.3, 0.4) is 0 Å². The second-order valence-corrected chi connectivity index (χ2v) is 5.89. The Morgan fingerprint density at radius 3 is 2.44 bits per heavy atom. The molecule has 2 aromatic rings. The molecule has 0 aliphatic carbocycles. The Morgan fingerprint density at radius 1 is 1.16 bits per heavy atom. The number of nitrogens with one attached hydrogen (secondary N) is 2. The molecule has 2 aromatic carbocycles. The molecule has 0 radical (unpaired) electrons. The van der Waals surface area contributed by atoms with Crippen LogP contribution in [0, 0.1) is 6.92 Å². The van der Waals surface area contributed by atoms with Crippen molar-refractivity contribution < 1.29 is 19.4 Å². The molecule has 0 unspecified atom stereocenters. The average Bonchev–Trinajstić information content (AvgIpc) is 2.56. The lowest BCUT2D eigenvalue weighted by Gasteiger charge is -2.14. The monoisotopic (exact) mass is 377 g/mol. The number of hydrogen-bond acceptors (Lipinski definition) is 5. The first-order chi connectivity index (χ1) is 11.8. The van der Waals surface area contributed by atoms with Crippen LogP contribution in [0.2, 0.25) is 5.02 Å². The van der Waals surface area contributed by atoms with Gasteiger partial charge >= 0.3 is 0 Å². The van der Waals surface area contributed by atoms with Crippen LogP contribution in [0.5, 0.6) is 5.75 Å². The summed E-state index contributed by atoms with van der Waals surface area (Å²) in [5.41, 5.74) is 1.43. The largest absolute Gasteiger partial charge is 0.545 e. The highest BCUT2D eigenvalue weighted by Crippen LogP contribution is 2.25. The maximum atomic E-state index is 12.2. The third-order valence-corrected chi connectivity index (χ3v) is 3.96. The number of carbonyl (C=O) groups excluding carboxylic acids is 2. The van der Waals surface area contributed by atoms with Gasteiger partial charge in [-0.1, -0.05) is 17.7 Å². The molecule has 130 valence electrons. The molecule has 0 aliphatic rings. The maximum Gasteiger partial charge on any atom is 0.257 e. The number of halogens is 1. The van der Waals surface area contributed by atoms with E-state index in [1.54, 1.807) is 12.1 Å². The summed E-state index contributed by atoms with van der Waals surface area (Å²) in [5, 5.41) is 16.6. The van der Waals surface area contributed by atoms with Crippen molar-refractivity contribution in [3.05, 3.63) is 58.1 Å². The molecule has 25 heavy (non-hydrogen) atoms. The van der Waals surface area contributed by atoms with Gasteiger partial charge in [0.15, 0.2) is 5.11 Å². The van der Waals surface area contributed by atoms with Crippen molar-refractivity contribution in [2.45, 2.75) is 6.92 Å². The number of carboxylic acids is 1. The van der Waals surface area contributed by atoms with E-state index >= 15 is 0 Å². The van der Waals surface area contributed by atoms with Crippen molar-refractivity contribution in [3.8, 4) is 5.75 Å². The van der Waals surface area contributed by atoms with E-state index in [4.69, 9.17) is 28.6 Å². The summed E-state index contributed by atoms with van der Waals surface area (Å²) in [6.45, 7) is 1.83. The Hall–Kier alpha value is -2.64. The first-order valence-corrected chi connectivity index (χ1v) is 7.88. The fourth-order valence-electron chi connectivity index (χ4n) is 2.00. The number of carboxylic acid groups (broad SMARTS) is 1. The lowest BCUT2D eigenvalue weighted by atomic mass is 10.1. The van der Waals surface area contributed by atoms with E-state index in [9.17, 15) is 14.7 Å². The van der Waals surface area contributed by atoms with Crippen molar-refractivity contribution in [2.75, 3.05) is 12.4 Å². The molecule has 6 nitrogen and oxygen atoms in total. The fraction of sp³-hybridized carbons (Fsp3) is 0.118. The highest BCUT2D eigenvalue weighted by atomic mass is 35.5. The van der Waals surface area contributed by atoms with Gasteiger partial charge in [0, 0.05) is 10.6 Å². The zero-order chi connectivity index (χ0) is 18.6. The van der Waals surface area contributed by atoms with Crippen LogP contribution in [0.15, 0.2) is 36.4 Å². The second-order valence-electron chi connectivity index (χ2n) is 5.07. The highest BCUT2D eigenvalue weighted by molar-refractivity contribution is 7.80.